The quantitative estimate of drug-likeness (QED) is 0.810. The second-order valence-electron chi connectivity index (χ2n) is 5.22. The summed E-state index contributed by atoms with van der Waals surface area (Å²) >= 11 is 0. The Balaban J connectivity index is 1.86. The minimum Gasteiger partial charge on any atom is -0.385 e. The maximum absolute atomic E-state index is 11.8. The first-order valence-electron chi connectivity index (χ1n) is 6.84. The minimum absolute atomic E-state index is 0.0472. The topological polar surface area (TPSA) is 41.1 Å². The lowest BCUT2D eigenvalue weighted by Crippen LogP contribution is -2.25. The van der Waals surface area contributed by atoms with Gasteiger partial charge in [-0.15, -0.1) is 0 Å². The lowest BCUT2D eigenvalue weighted by Gasteiger charge is -2.11. The van der Waals surface area contributed by atoms with Gasteiger partial charge in [0.15, 0.2) is 0 Å². The standard InChI is InChI=1S/C15H22N2O/c1-3-11(2)10-16-13-6-4-12(5-7-13)15(18)17-14-8-9-14/h4-7,11,14,16H,3,8-10H2,1-2H3,(H,17,18). The van der Waals surface area contributed by atoms with Crippen molar-refractivity contribution in [2.75, 3.05) is 11.9 Å². The molecule has 1 aliphatic rings. The highest BCUT2D eigenvalue weighted by Gasteiger charge is 2.23. The molecule has 1 aliphatic carbocycles. The van der Waals surface area contributed by atoms with Crippen LogP contribution in [0.25, 0.3) is 0 Å². The molecule has 0 spiro atoms. The van der Waals surface area contributed by atoms with Gasteiger partial charge in [-0.2, -0.15) is 0 Å². The molecule has 1 aromatic rings. The van der Waals surface area contributed by atoms with Crippen LogP contribution in [0, 0.1) is 5.92 Å². The van der Waals surface area contributed by atoms with E-state index in [9.17, 15) is 4.79 Å². The fourth-order valence-electron chi connectivity index (χ4n) is 1.67. The number of carbonyl (C=O) groups excluding carboxylic acids is 1. The molecule has 0 heterocycles. The first-order chi connectivity index (χ1) is 8.69. The monoisotopic (exact) mass is 246 g/mol. The molecule has 0 aromatic heterocycles. The molecule has 1 fully saturated rings. The van der Waals surface area contributed by atoms with E-state index in [0.29, 0.717) is 12.0 Å². The number of nitrogens with one attached hydrogen (secondary N) is 2. The molecule has 3 nitrogen and oxygen atoms in total. The highest BCUT2D eigenvalue weighted by Crippen LogP contribution is 2.19. The van der Waals surface area contributed by atoms with E-state index in [1.54, 1.807) is 0 Å². The van der Waals surface area contributed by atoms with Crippen LogP contribution in [-0.4, -0.2) is 18.5 Å². The summed E-state index contributed by atoms with van der Waals surface area (Å²) in [6.07, 6.45) is 3.43. The Labute approximate surface area is 109 Å². The van der Waals surface area contributed by atoms with E-state index >= 15 is 0 Å². The first kappa shape index (κ1) is 12.9. The van der Waals surface area contributed by atoms with Crippen LogP contribution in [-0.2, 0) is 0 Å². The third-order valence-corrected chi connectivity index (χ3v) is 3.41. The molecule has 0 bridgehead atoms. The maximum atomic E-state index is 11.8. The molecule has 0 radical (unpaired) electrons. The molecule has 2 N–H and O–H groups in total. The van der Waals surface area contributed by atoms with E-state index < -0.39 is 0 Å². The van der Waals surface area contributed by atoms with Gasteiger partial charge in [0.05, 0.1) is 0 Å². The lowest BCUT2D eigenvalue weighted by atomic mass is 10.1. The smallest absolute Gasteiger partial charge is 0.251 e. The molecule has 18 heavy (non-hydrogen) atoms. The number of rotatable bonds is 6. The Morgan fingerprint density at radius 2 is 2.00 bits per heavy atom. The summed E-state index contributed by atoms with van der Waals surface area (Å²) in [4.78, 5) is 11.8. The van der Waals surface area contributed by atoms with Crippen LogP contribution in [0.1, 0.15) is 43.5 Å². The summed E-state index contributed by atoms with van der Waals surface area (Å²) < 4.78 is 0. The van der Waals surface area contributed by atoms with E-state index in [1.165, 1.54) is 6.42 Å². The van der Waals surface area contributed by atoms with E-state index in [1.807, 2.05) is 24.3 Å². The van der Waals surface area contributed by atoms with Crippen molar-refractivity contribution in [3.05, 3.63) is 29.8 Å². The van der Waals surface area contributed by atoms with Crippen molar-refractivity contribution in [1.82, 2.24) is 5.32 Å². The van der Waals surface area contributed by atoms with E-state index in [4.69, 9.17) is 0 Å². The zero-order valence-electron chi connectivity index (χ0n) is 11.2. The highest BCUT2D eigenvalue weighted by molar-refractivity contribution is 5.94. The molecule has 1 unspecified atom stereocenters. The third kappa shape index (κ3) is 3.76. The predicted molar refractivity (Wildman–Crippen MR) is 74.9 cm³/mol. The molecule has 98 valence electrons. The Morgan fingerprint density at radius 1 is 1.33 bits per heavy atom. The molecule has 3 heteroatoms. The van der Waals surface area contributed by atoms with Crippen LogP contribution in [0.15, 0.2) is 24.3 Å². The Bertz CT molecular complexity index is 395. The van der Waals surface area contributed by atoms with Crippen molar-refractivity contribution >= 4 is 11.6 Å². The Hall–Kier alpha value is -1.51. The number of hydrogen-bond donors (Lipinski definition) is 2. The van der Waals surface area contributed by atoms with Crippen LogP contribution in [0.2, 0.25) is 0 Å². The highest BCUT2D eigenvalue weighted by atomic mass is 16.1. The van der Waals surface area contributed by atoms with Gasteiger partial charge >= 0.3 is 0 Å². The summed E-state index contributed by atoms with van der Waals surface area (Å²) in [5, 5.41) is 6.37. The molecule has 1 aromatic carbocycles. The SMILES string of the molecule is CCC(C)CNc1ccc(C(=O)NC2CC2)cc1. The fourth-order valence-corrected chi connectivity index (χ4v) is 1.67. The number of carbonyl (C=O) groups is 1. The Kier molecular flexibility index (Phi) is 4.24. The van der Waals surface area contributed by atoms with Gasteiger partial charge in [-0.1, -0.05) is 20.3 Å². The van der Waals surface area contributed by atoms with Crippen LogP contribution >= 0.6 is 0 Å². The summed E-state index contributed by atoms with van der Waals surface area (Å²) in [6.45, 7) is 5.40. The second kappa shape index (κ2) is 5.89. The van der Waals surface area contributed by atoms with Gasteiger partial charge in [0.25, 0.3) is 5.91 Å². The lowest BCUT2D eigenvalue weighted by molar-refractivity contribution is 0.0951. The summed E-state index contributed by atoms with van der Waals surface area (Å²) in [5.74, 6) is 0.716. The third-order valence-electron chi connectivity index (χ3n) is 3.41. The molecule has 0 saturated heterocycles. The van der Waals surface area contributed by atoms with Crippen molar-refractivity contribution in [3.63, 3.8) is 0 Å². The number of amides is 1. The minimum atomic E-state index is 0.0472. The van der Waals surface area contributed by atoms with Gasteiger partial charge in [-0.25, -0.2) is 0 Å². The van der Waals surface area contributed by atoms with Crippen molar-refractivity contribution < 1.29 is 4.79 Å². The molecule has 1 atom stereocenters. The van der Waals surface area contributed by atoms with Gasteiger partial charge in [0.1, 0.15) is 0 Å². The Morgan fingerprint density at radius 3 is 2.56 bits per heavy atom. The van der Waals surface area contributed by atoms with Crippen LogP contribution in [0.4, 0.5) is 5.69 Å². The average molecular weight is 246 g/mol. The molecule has 0 aliphatic heterocycles. The molecule has 1 amide bonds. The predicted octanol–water partition coefficient (Wildman–Crippen LogP) is 3.04. The van der Waals surface area contributed by atoms with Crippen LogP contribution in [0.3, 0.4) is 0 Å². The number of benzene rings is 1. The van der Waals surface area contributed by atoms with Gasteiger partial charge < -0.3 is 10.6 Å². The molecule has 2 rings (SSSR count). The largest absolute Gasteiger partial charge is 0.385 e. The summed E-state index contributed by atoms with van der Waals surface area (Å²) in [7, 11) is 0. The second-order valence-corrected chi connectivity index (χ2v) is 5.22. The number of hydrogen-bond acceptors (Lipinski definition) is 2. The van der Waals surface area contributed by atoms with Gasteiger partial charge in [-0.3, -0.25) is 4.79 Å². The summed E-state index contributed by atoms with van der Waals surface area (Å²) in [6, 6.07) is 8.14. The van der Waals surface area contributed by atoms with E-state index in [2.05, 4.69) is 24.5 Å². The van der Waals surface area contributed by atoms with Crippen LogP contribution in [0.5, 0.6) is 0 Å². The normalized spacial score (nSPS) is 16.1. The zero-order chi connectivity index (χ0) is 13.0. The van der Waals surface area contributed by atoms with Gasteiger partial charge in [0, 0.05) is 23.8 Å². The molecular formula is C15H22N2O. The molecule has 1 saturated carbocycles. The van der Waals surface area contributed by atoms with Crippen molar-refractivity contribution in [2.24, 2.45) is 5.92 Å². The van der Waals surface area contributed by atoms with E-state index in [0.717, 1.165) is 30.6 Å². The van der Waals surface area contributed by atoms with E-state index in [-0.39, 0.29) is 5.91 Å². The first-order valence-corrected chi connectivity index (χ1v) is 6.84. The summed E-state index contributed by atoms with van der Waals surface area (Å²) in [5.41, 5.74) is 1.83. The fraction of sp³-hybridized carbons (Fsp3) is 0.533. The van der Waals surface area contributed by atoms with Crippen molar-refractivity contribution in [1.29, 1.82) is 0 Å². The van der Waals surface area contributed by atoms with Crippen molar-refractivity contribution in [3.8, 4) is 0 Å². The average Bonchev–Trinajstić information content (AvgIpc) is 3.20. The maximum Gasteiger partial charge on any atom is 0.251 e. The van der Waals surface area contributed by atoms with Crippen LogP contribution < -0.4 is 10.6 Å². The molecular weight excluding hydrogens is 224 g/mol. The van der Waals surface area contributed by atoms with Crippen molar-refractivity contribution in [2.45, 2.75) is 39.2 Å². The zero-order valence-corrected chi connectivity index (χ0v) is 11.2. The van der Waals surface area contributed by atoms with Gasteiger partial charge in [0.2, 0.25) is 0 Å². The number of anilines is 1. The van der Waals surface area contributed by atoms with Gasteiger partial charge in [-0.05, 0) is 43.0 Å².